The number of phosphoric acid groups is 1. The molecule has 0 aliphatic rings. The van der Waals surface area contributed by atoms with Gasteiger partial charge in [0, 0.05) is 36.9 Å². The summed E-state index contributed by atoms with van der Waals surface area (Å²) in [5.74, 6) is 0. The van der Waals surface area contributed by atoms with Crippen LogP contribution in [0.15, 0.2) is 0 Å². The summed E-state index contributed by atoms with van der Waals surface area (Å²) in [5.41, 5.74) is 0. The van der Waals surface area contributed by atoms with Crippen LogP contribution in [0.2, 0.25) is 0 Å². The Labute approximate surface area is 64.1 Å². The van der Waals surface area contributed by atoms with Gasteiger partial charge in [-0.3, -0.25) is 0 Å². The summed E-state index contributed by atoms with van der Waals surface area (Å²) >= 11 is 0. The molecule has 0 unspecified atom stereocenters. The molecule has 3 N–H and O–H groups in total. The SMILES string of the molecule is O=P(O)(O)O.[Ni].[Re]. The zero-order valence-corrected chi connectivity index (χ0v) is 7.49. The van der Waals surface area contributed by atoms with E-state index < -0.39 is 7.82 Å². The van der Waals surface area contributed by atoms with E-state index in [4.69, 9.17) is 19.2 Å². The summed E-state index contributed by atoms with van der Waals surface area (Å²) < 4.78 is 8.88. The van der Waals surface area contributed by atoms with Crippen LogP contribution >= 0.6 is 7.82 Å². The zero-order chi connectivity index (χ0) is 4.50. The van der Waals surface area contributed by atoms with E-state index in [2.05, 4.69) is 0 Å². The Kier molecular flexibility index (Phi) is 12.1. The maximum atomic E-state index is 8.88. The third kappa shape index (κ3) is 126. The molecule has 7 heteroatoms. The molecule has 1 radical (unpaired) electrons. The summed E-state index contributed by atoms with van der Waals surface area (Å²) in [4.78, 5) is 21.6. The van der Waals surface area contributed by atoms with Crippen molar-refractivity contribution >= 4 is 7.82 Å². The fourth-order valence-electron chi connectivity index (χ4n) is 0. The molecule has 0 aromatic rings. The number of hydrogen-bond acceptors (Lipinski definition) is 1. The molecular formula is H3NiO4PRe. The van der Waals surface area contributed by atoms with Crippen molar-refractivity contribution in [3.63, 3.8) is 0 Å². The standard InChI is InChI=1S/Ni.H3O4P.Re/c;1-5(2,3)4;/h;(H3,1,2,3,4);. The van der Waals surface area contributed by atoms with Crippen molar-refractivity contribution in [2.45, 2.75) is 0 Å². The third-order valence-electron chi connectivity index (χ3n) is 0. The van der Waals surface area contributed by atoms with Crippen LogP contribution in [0.5, 0.6) is 0 Å². The predicted octanol–water partition coefficient (Wildman–Crippen LogP) is -0.934. The van der Waals surface area contributed by atoms with E-state index in [1.165, 1.54) is 0 Å². The number of hydrogen-bond donors (Lipinski definition) is 3. The van der Waals surface area contributed by atoms with E-state index in [0.717, 1.165) is 0 Å². The van der Waals surface area contributed by atoms with Crippen LogP contribution in [-0.2, 0) is 41.5 Å². The Hall–Kier alpha value is 1.27. The third-order valence-corrected chi connectivity index (χ3v) is 0. The number of rotatable bonds is 0. The summed E-state index contributed by atoms with van der Waals surface area (Å²) in [7, 11) is -4.64. The maximum Gasteiger partial charge on any atom is 0.466 e. The fourth-order valence-corrected chi connectivity index (χ4v) is 0. The monoisotopic (exact) mass is 343 g/mol. The first-order valence-electron chi connectivity index (χ1n) is 0.783. The van der Waals surface area contributed by atoms with Crippen molar-refractivity contribution in [3.05, 3.63) is 0 Å². The van der Waals surface area contributed by atoms with Gasteiger partial charge in [-0.05, 0) is 0 Å². The van der Waals surface area contributed by atoms with Crippen LogP contribution in [0, 0.1) is 0 Å². The van der Waals surface area contributed by atoms with E-state index in [9.17, 15) is 0 Å². The van der Waals surface area contributed by atoms with Crippen LogP contribution < -0.4 is 0 Å². The summed E-state index contributed by atoms with van der Waals surface area (Å²) in [5, 5.41) is 0. The van der Waals surface area contributed by atoms with Gasteiger partial charge >= 0.3 is 7.82 Å². The second-order valence-electron chi connectivity index (χ2n) is 0.513. The molecule has 4 nitrogen and oxygen atoms in total. The van der Waals surface area contributed by atoms with E-state index in [1.54, 1.807) is 0 Å². The first kappa shape index (κ1) is 15.7. The van der Waals surface area contributed by atoms with Gasteiger partial charge in [-0.2, -0.15) is 0 Å². The van der Waals surface area contributed by atoms with Crippen molar-refractivity contribution in [1.29, 1.82) is 0 Å². The first-order valence-corrected chi connectivity index (χ1v) is 2.35. The second kappa shape index (κ2) is 5.40. The van der Waals surface area contributed by atoms with Crippen LogP contribution in [0.25, 0.3) is 0 Å². The second-order valence-corrected chi connectivity index (χ2v) is 1.54. The molecule has 0 spiro atoms. The van der Waals surface area contributed by atoms with Gasteiger partial charge in [0.15, 0.2) is 0 Å². The van der Waals surface area contributed by atoms with Crippen molar-refractivity contribution < 1.29 is 56.2 Å². The summed E-state index contributed by atoms with van der Waals surface area (Å²) in [6.07, 6.45) is 0. The van der Waals surface area contributed by atoms with E-state index >= 15 is 0 Å². The average molecular weight is 343 g/mol. The Balaban J connectivity index is -0.0000000800. The molecule has 0 rings (SSSR count). The van der Waals surface area contributed by atoms with Gasteiger partial charge in [-0.25, -0.2) is 4.57 Å². The Bertz CT molecular complexity index is 57.8. The van der Waals surface area contributed by atoms with Crippen molar-refractivity contribution in [3.8, 4) is 0 Å². The molecule has 49 valence electrons. The molecule has 0 saturated heterocycles. The van der Waals surface area contributed by atoms with Crippen LogP contribution in [0.4, 0.5) is 0 Å². The summed E-state index contributed by atoms with van der Waals surface area (Å²) in [6, 6.07) is 0. The van der Waals surface area contributed by atoms with Gasteiger partial charge in [0.1, 0.15) is 0 Å². The Morgan fingerprint density at radius 3 is 1.14 bits per heavy atom. The molecule has 0 bridgehead atoms. The molecule has 0 aromatic heterocycles. The van der Waals surface area contributed by atoms with Gasteiger partial charge < -0.3 is 14.7 Å². The van der Waals surface area contributed by atoms with E-state index in [-0.39, 0.29) is 36.9 Å². The smallest absolute Gasteiger partial charge is 0.303 e. The Morgan fingerprint density at radius 1 is 1.14 bits per heavy atom. The zero-order valence-electron chi connectivity index (χ0n) is 2.89. The molecule has 0 heterocycles. The molecule has 0 aliphatic carbocycles. The van der Waals surface area contributed by atoms with Crippen molar-refractivity contribution in [2.24, 2.45) is 0 Å². The quantitative estimate of drug-likeness (QED) is 0.392. The fraction of sp³-hybridized carbons (Fsp3) is 0. The van der Waals surface area contributed by atoms with Crippen molar-refractivity contribution in [1.82, 2.24) is 0 Å². The molecule has 0 fully saturated rings. The normalized spacial score (nSPS) is 8.43. The van der Waals surface area contributed by atoms with Crippen molar-refractivity contribution in [2.75, 3.05) is 0 Å². The van der Waals surface area contributed by atoms with Gasteiger partial charge in [0.25, 0.3) is 0 Å². The Morgan fingerprint density at radius 2 is 1.14 bits per heavy atom. The minimum absolute atomic E-state index is 0. The van der Waals surface area contributed by atoms with Gasteiger partial charge in [0.2, 0.25) is 0 Å². The molecule has 0 aromatic carbocycles. The molecule has 0 amide bonds. The molecular weight excluding hydrogens is 340 g/mol. The molecule has 0 saturated carbocycles. The average Bonchev–Trinajstić information content (AvgIpc) is 0.722. The van der Waals surface area contributed by atoms with E-state index in [0.29, 0.717) is 0 Å². The minimum Gasteiger partial charge on any atom is -0.303 e. The van der Waals surface area contributed by atoms with Gasteiger partial charge in [0.05, 0.1) is 0 Å². The van der Waals surface area contributed by atoms with Gasteiger partial charge in [-0.15, -0.1) is 0 Å². The summed E-state index contributed by atoms with van der Waals surface area (Å²) in [6.45, 7) is 0. The molecule has 0 aliphatic heterocycles. The van der Waals surface area contributed by atoms with E-state index in [1.807, 2.05) is 0 Å². The largest absolute Gasteiger partial charge is 0.466 e. The van der Waals surface area contributed by atoms with Crippen LogP contribution in [0.3, 0.4) is 0 Å². The molecule has 7 heavy (non-hydrogen) atoms. The minimum atomic E-state index is -4.64. The van der Waals surface area contributed by atoms with Crippen LogP contribution in [0.1, 0.15) is 0 Å². The topological polar surface area (TPSA) is 77.8 Å². The van der Waals surface area contributed by atoms with Gasteiger partial charge in [-0.1, -0.05) is 0 Å². The first-order chi connectivity index (χ1) is 2.00. The molecule has 0 atom stereocenters. The van der Waals surface area contributed by atoms with Crippen LogP contribution in [-0.4, -0.2) is 14.7 Å². The maximum absolute atomic E-state index is 8.88. The predicted molar refractivity (Wildman–Crippen MR) is 14.3 cm³/mol.